The van der Waals surface area contributed by atoms with Crippen molar-refractivity contribution in [1.29, 1.82) is 0 Å². The first-order valence-electron chi connectivity index (χ1n) is 4.84. The molecular weight excluding hydrogens is 289 g/mol. The van der Waals surface area contributed by atoms with Gasteiger partial charge in [0.15, 0.2) is 5.78 Å². The molecule has 0 spiro atoms. The van der Waals surface area contributed by atoms with Gasteiger partial charge in [-0.25, -0.2) is 4.39 Å². The van der Waals surface area contributed by atoms with Gasteiger partial charge in [-0.2, -0.15) is 5.10 Å². The summed E-state index contributed by atoms with van der Waals surface area (Å²) in [5.74, 6) is -0.360. The largest absolute Gasteiger partial charge is 0.383 e. The molecule has 17 heavy (non-hydrogen) atoms. The Morgan fingerprint density at radius 2 is 2.29 bits per heavy atom. The van der Waals surface area contributed by atoms with E-state index >= 15 is 0 Å². The van der Waals surface area contributed by atoms with Crippen LogP contribution in [0, 0.1) is 5.82 Å². The van der Waals surface area contributed by atoms with Gasteiger partial charge in [-0.15, -0.1) is 0 Å². The summed E-state index contributed by atoms with van der Waals surface area (Å²) in [6.07, 6.45) is 1.44. The van der Waals surface area contributed by atoms with Gasteiger partial charge in [0.05, 0.1) is 11.8 Å². The molecule has 2 rings (SSSR count). The second kappa shape index (κ2) is 4.67. The number of carbonyl (C=O) groups is 1. The fourth-order valence-electron chi connectivity index (χ4n) is 1.47. The van der Waals surface area contributed by atoms with Crippen LogP contribution < -0.4 is 5.73 Å². The maximum Gasteiger partial charge on any atom is 0.172 e. The van der Waals surface area contributed by atoms with Gasteiger partial charge in [-0.05, 0) is 23.8 Å². The van der Waals surface area contributed by atoms with Crippen LogP contribution >= 0.6 is 15.9 Å². The van der Waals surface area contributed by atoms with E-state index in [2.05, 4.69) is 26.1 Å². The van der Waals surface area contributed by atoms with E-state index in [0.29, 0.717) is 15.6 Å². The number of hydrogen-bond acceptors (Lipinski definition) is 3. The summed E-state index contributed by atoms with van der Waals surface area (Å²) >= 11 is 3.27. The number of nitrogens with two attached hydrogens (primary N) is 1. The maximum absolute atomic E-state index is 13.0. The molecule has 4 nitrogen and oxygen atoms in total. The zero-order chi connectivity index (χ0) is 12.4. The van der Waals surface area contributed by atoms with Gasteiger partial charge in [0.2, 0.25) is 0 Å². The lowest BCUT2D eigenvalue weighted by Crippen LogP contribution is -2.06. The highest BCUT2D eigenvalue weighted by Crippen LogP contribution is 2.20. The monoisotopic (exact) mass is 297 g/mol. The van der Waals surface area contributed by atoms with Crippen LogP contribution in [0.25, 0.3) is 0 Å². The maximum atomic E-state index is 13.0. The van der Waals surface area contributed by atoms with Crippen molar-refractivity contribution < 1.29 is 9.18 Å². The molecule has 6 heteroatoms. The lowest BCUT2D eigenvalue weighted by atomic mass is 10.1. The number of anilines is 1. The third-order valence-corrected chi connectivity index (χ3v) is 3.10. The topological polar surface area (TPSA) is 71.8 Å². The van der Waals surface area contributed by atoms with Crippen LogP contribution in [0.15, 0.2) is 28.9 Å². The molecule has 0 unspecified atom stereocenters. The average Bonchev–Trinajstić information content (AvgIpc) is 2.70. The summed E-state index contributed by atoms with van der Waals surface area (Å²) < 4.78 is 13.7. The molecule has 88 valence electrons. The molecule has 0 saturated heterocycles. The Hall–Kier alpha value is -1.69. The summed E-state index contributed by atoms with van der Waals surface area (Å²) in [6, 6.07) is 4.21. The third-order valence-electron chi connectivity index (χ3n) is 2.33. The average molecular weight is 298 g/mol. The Morgan fingerprint density at radius 3 is 2.94 bits per heavy atom. The van der Waals surface area contributed by atoms with Crippen molar-refractivity contribution in [3.05, 3.63) is 45.8 Å². The minimum atomic E-state index is -0.379. The van der Waals surface area contributed by atoms with Crippen LogP contribution in [0.2, 0.25) is 0 Å². The number of aromatic amines is 1. The fourth-order valence-corrected chi connectivity index (χ4v) is 1.85. The highest BCUT2D eigenvalue weighted by Gasteiger charge is 2.14. The van der Waals surface area contributed by atoms with Crippen molar-refractivity contribution in [2.75, 3.05) is 5.73 Å². The Labute approximate surface area is 105 Å². The first-order chi connectivity index (χ1) is 8.08. The molecule has 1 aromatic heterocycles. The second-order valence-corrected chi connectivity index (χ2v) is 4.39. The summed E-state index contributed by atoms with van der Waals surface area (Å²) in [5, 5.41) is 6.15. The van der Waals surface area contributed by atoms with E-state index in [1.165, 1.54) is 18.3 Å². The number of H-pyrrole nitrogens is 1. The van der Waals surface area contributed by atoms with E-state index in [-0.39, 0.29) is 23.8 Å². The van der Waals surface area contributed by atoms with Gasteiger partial charge in [0.25, 0.3) is 0 Å². The molecule has 1 heterocycles. The molecule has 0 aliphatic rings. The number of benzene rings is 1. The van der Waals surface area contributed by atoms with Gasteiger partial charge in [-0.1, -0.05) is 15.9 Å². The molecule has 0 fully saturated rings. The Bertz CT molecular complexity index is 568. The quantitative estimate of drug-likeness (QED) is 0.854. The second-order valence-electron chi connectivity index (χ2n) is 3.53. The Morgan fingerprint density at radius 1 is 1.53 bits per heavy atom. The number of nitrogen functional groups attached to an aromatic ring is 1. The summed E-state index contributed by atoms with van der Waals surface area (Å²) in [6.45, 7) is 0. The normalized spacial score (nSPS) is 10.5. The van der Waals surface area contributed by atoms with Gasteiger partial charge in [0.1, 0.15) is 11.6 Å². The van der Waals surface area contributed by atoms with E-state index in [1.54, 1.807) is 6.07 Å². The minimum absolute atomic E-state index is 0.0715. The van der Waals surface area contributed by atoms with Crippen LogP contribution in [0.3, 0.4) is 0 Å². The zero-order valence-corrected chi connectivity index (χ0v) is 10.3. The van der Waals surface area contributed by atoms with Crippen LogP contribution in [0.1, 0.15) is 15.9 Å². The lowest BCUT2D eigenvalue weighted by molar-refractivity contribution is 0.0993. The molecule has 3 N–H and O–H groups in total. The fraction of sp³-hybridized carbons (Fsp3) is 0.0909. The third kappa shape index (κ3) is 2.52. The molecule has 0 amide bonds. The Balaban J connectivity index is 2.24. The molecule has 0 aliphatic heterocycles. The van der Waals surface area contributed by atoms with Crippen molar-refractivity contribution >= 4 is 27.5 Å². The van der Waals surface area contributed by atoms with Crippen molar-refractivity contribution in [2.45, 2.75) is 6.42 Å². The summed E-state index contributed by atoms with van der Waals surface area (Å²) in [4.78, 5) is 11.9. The molecule has 1 aromatic carbocycles. The number of ketones is 1. The number of nitrogens with one attached hydrogen (secondary N) is 1. The van der Waals surface area contributed by atoms with Crippen molar-refractivity contribution in [1.82, 2.24) is 10.2 Å². The van der Waals surface area contributed by atoms with Crippen molar-refractivity contribution in [3.8, 4) is 0 Å². The molecule has 0 atom stereocenters. The predicted molar refractivity (Wildman–Crippen MR) is 65.1 cm³/mol. The van der Waals surface area contributed by atoms with E-state index < -0.39 is 0 Å². The van der Waals surface area contributed by atoms with Crippen molar-refractivity contribution in [3.63, 3.8) is 0 Å². The molecule has 0 radical (unpaired) electrons. The van der Waals surface area contributed by atoms with Gasteiger partial charge < -0.3 is 5.73 Å². The van der Waals surface area contributed by atoms with E-state index in [4.69, 9.17) is 5.73 Å². The highest BCUT2D eigenvalue weighted by molar-refractivity contribution is 9.10. The van der Waals surface area contributed by atoms with Crippen LogP contribution in [-0.4, -0.2) is 16.0 Å². The zero-order valence-electron chi connectivity index (χ0n) is 8.71. The lowest BCUT2D eigenvalue weighted by Gasteiger charge is -2.03. The summed E-state index contributed by atoms with van der Waals surface area (Å²) in [7, 11) is 0. The van der Waals surface area contributed by atoms with E-state index in [9.17, 15) is 9.18 Å². The van der Waals surface area contributed by atoms with Crippen LogP contribution in [0.4, 0.5) is 10.2 Å². The number of nitrogens with zero attached hydrogens (tertiary/aromatic N) is 1. The number of aromatic nitrogens is 2. The first kappa shape index (κ1) is 11.8. The minimum Gasteiger partial charge on any atom is -0.383 e. The smallest absolute Gasteiger partial charge is 0.172 e. The molecule has 2 aromatic rings. The molecule has 0 aliphatic carbocycles. The Kier molecular flexibility index (Phi) is 3.23. The summed E-state index contributed by atoms with van der Waals surface area (Å²) in [5.41, 5.74) is 6.44. The highest BCUT2D eigenvalue weighted by atomic mass is 79.9. The van der Waals surface area contributed by atoms with Crippen LogP contribution in [0.5, 0.6) is 0 Å². The van der Waals surface area contributed by atoms with E-state index in [1.807, 2.05) is 0 Å². The van der Waals surface area contributed by atoms with E-state index in [0.717, 1.165) is 0 Å². The number of hydrogen-bond donors (Lipinski definition) is 2. The van der Waals surface area contributed by atoms with Gasteiger partial charge in [0, 0.05) is 10.9 Å². The molecular formula is C11H9BrFN3O. The number of carbonyl (C=O) groups excluding carboxylic acids is 1. The SMILES string of the molecule is Nc1[nH]ncc1C(=O)Cc1cc(F)ccc1Br. The first-order valence-corrected chi connectivity index (χ1v) is 5.63. The molecule has 0 bridgehead atoms. The number of rotatable bonds is 3. The number of Topliss-reactive ketones (excluding diaryl/α,β-unsaturated/α-hetero) is 1. The van der Waals surface area contributed by atoms with Gasteiger partial charge in [-0.3, -0.25) is 9.89 Å². The standard InChI is InChI=1S/C11H9BrFN3O/c12-9-2-1-7(13)3-6(9)4-10(17)8-5-15-16-11(8)14/h1-3,5H,4H2,(H3,14,15,16). The molecule has 0 saturated carbocycles. The predicted octanol–water partition coefficient (Wildman–Crippen LogP) is 2.32. The van der Waals surface area contributed by atoms with Crippen molar-refractivity contribution in [2.24, 2.45) is 0 Å². The number of halogens is 2. The van der Waals surface area contributed by atoms with Gasteiger partial charge >= 0.3 is 0 Å². The van der Waals surface area contributed by atoms with Crippen LogP contribution in [-0.2, 0) is 6.42 Å².